The standard InChI is InChI=1S/C24H24F2N4O3S/c1-28-22-21(29(34(28,32)33)14-17-13-24(17,25)26)10-9-20(27-22)16-11-18-7-8-19(12-16)30(18)23(31)15-5-3-2-4-6-15/h2-6,9-11,17-19H,7-8,12-14H2,1H3. The summed E-state index contributed by atoms with van der Waals surface area (Å²) in [6, 6.07) is 12.7. The van der Waals surface area contributed by atoms with E-state index in [-0.39, 0.29) is 36.8 Å². The number of halogens is 2. The quantitative estimate of drug-likeness (QED) is 0.661. The van der Waals surface area contributed by atoms with Crippen LogP contribution in [0.4, 0.5) is 20.3 Å². The molecule has 2 aromatic rings. The van der Waals surface area contributed by atoms with E-state index in [1.807, 2.05) is 35.2 Å². The Labute approximate surface area is 196 Å². The first-order valence-electron chi connectivity index (χ1n) is 11.4. The Bertz CT molecular complexity index is 1310. The van der Waals surface area contributed by atoms with Crippen molar-refractivity contribution >= 4 is 33.2 Å². The molecule has 10 heteroatoms. The molecule has 1 amide bonds. The van der Waals surface area contributed by atoms with Crippen LogP contribution in [0.15, 0.2) is 48.5 Å². The van der Waals surface area contributed by atoms with Gasteiger partial charge in [0.25, 0.3) is 11.8 Å². The first-order chi connectivity index (χ1) is 16.2. The molecule has 1 saturated heterocycles. The van der Waals surface area contributed by atoms with E-state index in [2.05, 4.69) is 11.1 Å². The molecule has 4 heterocycles. The molecule has 0 spiro atoms. The summed E-state index contributed by atoms with van der Waals surface area (Å²) < 4.78 is 54.8. The third kappa shape index (κ3) is 3.22. The summed E-state index contributed by atoms with van der Waals surface area (Å²) in [6.45, 7) is -0.253. The van der Waals surface area contributed by atoms with Crippen LogP contribution >= 0.6 is 0 Å². The van der Waals surface area contributed by atoms with Gasteiger partial charge < -0.3 is 4.90 Å². The zero-order chi connectivity index (χ0) is 23.8. The van der Waals surface area contributed by atoms with E-state index in [1.165, 1.54) is 7.05 Å². The number of carbonyl (C=O) groups excluding carboxylic acids is 1. The highest BCUT2D eigenvalue weighted by molar-refractivity contribution is 7.94. The summed E-state index contributed by atoms with van der Waals surface area (Å²) in [5, 5.41) is 0. The van der Waals surface area contributed by atoms with Gasteiger partial charge in [-0.05, 0) is 49.1 Å². The molecule has 2 bridgehead atoms. The zero-order valence-corrected chi connectivity index (χ0v) is 19.4. The van der Waals surface area contributed by atoms with E-state index in [9.17, 15) is 22.0 Å². The van der Waals surface area contributed by atoms with E-state index in [0.717, 1.165) is 27.0 Å². The summed E-state index contributed by atoms with van der Waals surface area (Å²) in [5.74, 6) is -3.51. The third-order valence-corrected chi connectivity index (χ3v) is 9.14. The van der Waals surface area contributed by atoms with Crippen LogP contribution in [0.1, 0.15) is 41.7 Å². The van der Waals surface area contributed by atoms with Crippen molar-refractivity contribution in [3.05, 3.63) is 59.8 Å². The minimum atomic E-state index is -3.94. The number of aromatic nitrogens is 1. The minimum Gasteiger partial charge on any atom is -0.329 e. The van der Waals surface area contributed by atoms with E-state index >= 15 is 0 Å². The molecule has 2 fully saturated rings. The van der Waals surface area contributed by atoms with E-state index in [0.29, 0.717) is 23.4 Å². The van der Waals surface area contributed by atoms with Gasteiger partial charge in [-0.25, -0.2) is 22.4 Å². The maximum Gasteiger partial charge on any atom is 0.327 e. The maximum atomic E-state index is 13.5. The number of pyridine rings is 1. The smallest absolute Gasteiger partial charge is 0.327 e. The first-order valence-corrected chi connectivity index (χ1v) is 12.8. The normalized spacial score (nSPS) is 28.0. The SMILES string of the molecule is CN1c2nc(C3=CC4CCC(C3)N4C(=O)c3ccccc3)ccc2N(CC2CC2(F)F)S1(=O)=O. The van der Waals surface area contributed by atoms with Crippen LogP contribution in [0.25, 0.3) is 5.57 Å². The van der Waals surface area contributed by atoms with Gasteiger partial charge >= 0.3 is 10.2 Å². The molecule has 3 unspecified atom stereocenters. The van der Waals surface area contributed by atoms with Crippen molar-refractivity contribution in [2.75, 3.05) is 22.2 Å². The van der Waals surface area contributed by atoms with Gasteiger partial charge in [0.05, 0.1) is 17.4 Å². The molecule has 1 aromatic carbocycles. The Morgan fingerprint density at radius 2 is 1.88 bits per heavy atom. The third-order valence-electron chi connectivity index (χ3n) is 7.37. The molecule has 6 rings (SSSR count). The monoisotopic (exact) mass is 486 g/mol. The Balaban J connectivity index is 1.29. The second kappa shape index (κ2) is 7.24. The van der Waals surface area contributed by atoms with Gasteiger partial charge in [0, 0.05) is 37.5 Å². The lowest BCUT2D eigenvalue weighted by molar-refractivity contribution is 0.0692. The molecule has 0 N–H and O–H groups in total. The number of hydrogen-bond donors (Lipinski definition) is 0. The molecule has 1 saturated carbocycles. The van der Waals surface area contributed by atoms with Gasteiger partial charge in [-0.2, -0.15) is 8.42 Å². The summed E-state index contributed by atoms with van der Waals surface area (Å²) in [6.07, 6.45) is 4.17. The number of rotatable bonds is 4. The molecule has 3 aliphatic heterocycles. The molecule has 1 aromatic heterocycles. The highest BCUT2D eigenvalue weighted by Crippen LogP contribution is 2.51. The topological polar surface area (TPSA) is 73.8 Å². The first kappa shape index (κ1) is 21.5. The van der Waals surface area contributed by atoms with Gasteiger partial charge in [-0.3, -0.25) is 4.79 Å². The average molecular weight is 487 g/mol. The largest absolute Gasteiger partial charge is 0.329 e. The van der Waals surface area contributed by atoms with Crippen molar-refractivity contribution in [3.8, 4) is 0 Å². The fourth-order valence-corrected chi connectivity index (χ4v) is 6.76. The predicted octanol–water partition coefficient (Wildman–Crippen LogP) is 3.70. The van der Waals surface area contributed by atoms with Crippen LogP contribution in [0.3, 0.4) is 0 Å². The van der Waals surface area contributed by atoms with Crippen LogP contribution in [-0.2, 0) is 10.2 Å². The number of anilines is 2. The molecule has 34 heavy (non-hydrogen) atoms. The average Bonchev–Trinajstić information content (AvgIpc) is 3.28. The fourth-order valence-electron chi connectivity index (χ4n) is 5.35. The molecule has 1 aliphatic carbocycles. The maximum absolute atomic E-state index is 13.5. The lowest BCUT2D eigenvalue weighted by atomic mass is 9.97. The Kier molecular flexibility index (Phi) is 4.58. The van der Waals surface area contributed by atoms with Crippen molar-refractivity contribution < 1.29 is 22.0 Å². The van der Waals surface area contributed by atoms with Gasteiger partial charge in [0.15, 0.2) is 5.82 Å². The van der Waals surface area contributed by atoms with E-state index < -0.39 is 22.0 Å². The number of benzene rings is 1. The summed E-state index contributed by atoms with van der Waals surface area (Å²) in [5.41, 5.74) is 2.63. The van der Waals surface area contributed by atoms with Crippen LogP contribution in [0.2, 0.25) is 0 Å². The van der Waals surface area contributed by atoms with Crippen LogP contribution < -0.4 is 8.61 Å². The lowest BCUT2D eigenvalue weighted by Crippen LogP contribution is -2.43. The van der Waals surface area contributed by atoms with Crippen LogP contribution in [0, 0.1) is 5.92 Å². The number of carbonyl (C=O) groups is 1. The van der Waals surface area contributed by atoms with Gasteiger partial charge in [-0.15, -0.1) is 0 Å². The Morgan fingerprint density at radius 3 is 2.56 bits per heavy atom. The molecular weight excluding hydrogens is 462 g/mol. The molecule has 4 aliphatic rings. The van der Waals surface area contributed by atoms with Gasteiger partial charge in [0.2, 0.25) is 0 Å². The molecule has 178 valence electrons. The Morgan fingerprint density at radius 1 is 1.15 bits per heavy atom. The fraction of sp³-hybridized carbons (Fsp3) is 0.417. The summed E-state index contributed by atoms with van der Waals surface area (Å²) in [4.78, 5) is 19.7. The number of fused-ring (bicyclic) bond motifs is 3. The predicted molar refractivity (Wildman–Crippen MR) is 124 cm³/mol. The highest BCUT2D eigenvalue weighted by atomic mass is 32.2. The van der Waals surface area contributed by atoms with Crippen molar-refractivity contribution in [2.45, 2.75) is 43.7 Å². The van der Waals surface area contributed by atoms with E-state index in [1.54, 1.807) is 12.1 Å². The number of hydrogen-bond acceptors (Lipinski definition) is 4. The highest BCUT2D eigenvalue weighted by Gasteiger charge is 2.59. The van der Waals surface area contributed by atoms with Gasteiger partial charge in [0.1, 0.15) is 0 Å². The van der Waals surface area contributed by atoms with E-state index in [4.69, 9.17) is 0 Å². The molecule has 0 radical (unpaired) electrons. The van der Waals surface area contributed by atoms with Crippen molar-refractivity contribution in [2.24, 2.45) is 5.92 Å². The second-order valence-corrected chi connectivity index (χ2v) is 11.4. The number of amides is 1. The number of alkyl halides is 2. The van der Waals surface area contributed by atoms with Crippen molar-refractivity contribution in [1.82, 2.24) is 9.88 Å². The molecule has 3 atom stereocenters. The summed E-state index contributed by atoms with van der Waals surface area (Å²) in [7, 11) is -2.54. The van der Waals surface area contributed by atoms with Crippen LogP contribution in [0.5, 0.6) is 0 Å². The van der Waals surface area contributed by atoms with Crippen molar-refractivity contribution in [1.29, 1.82) is 0 Å². The second-order valence-electron chi connectivity index (χ2n) is 9.48. The molecular formula is C24H24F2N4O3S. The molecule has 7 nitrogen and oxygen atoms in total. The Hall–Kier alpha value is -3.01. The number of nitrogens with zero attached hydrogens (tertiary/aromatic N) is 4. The zero-order valence-electron chi connectivity index (χ0n) is 18.6. The van der Waals surface area contributed by atoms with Crippen LogP contribution in [-0.4, -0.2) is 55.8 Å². The van der Waals surface area contributed by atoms with Gasteiger partial charge in [-0.1, -0.05) is 24.3 Å². The van der Waals surface area contributed by atoms with Crippen molar-refractivity contribution in [3.63, 3.8) is 0 Å². The summed E-state index contributed by atoms with van der Waals surface area (Å²) >= 11 is 0. The minimum absolute atomic E-state index is 0.0173. The lowest BCUT2D eigenvalue weighted by Gasteiger charge is -2.34.